The van der Waals surface area contributed by atoms with Crippen molar-refractivity contribution in [1.29, 1.82) is 0 Å². The van der Waals surface area contributed by atoms with E-state index in [9.17, 15) is 0 Å². The van der Waals surface area contributed by atoms with Crippen LogP contribution in [0.4, 0.5) is 0 Å². The minimum absolute atomic E-state index is 0.197. The maximum absolute atomic E-state index is 8.74. The lowest BCUT2D eigenvalue weighted by molar-refractivity contribution is 0.283. The Morgan fingerprint density at radius 2 is 1.93 bits per heavy atom. The van der Waals surface area contributed by atoms with Gasteiger partial charge in [-0.25, -0.2) is 0 Å². The molecule has 0 spiro atoms. The Labute approximate surface area is 86.0 Å². The van der Waals surface area contributed by atoms with Crippen LogP contribution in [0.25, 0.3) is 0 Å². The Morgan fingerprint density at radius 3 is 2.43 bits per heavy atom. The summed E-state index contributed by atoms with van der Waals surface area (Å²) in [5, 5.41) is 12.0. The van der Waals surface area contributed by atoms with Crippen molar-refractivity contribution >= 4 is 0 Å². The van der Waals surface area contributed by atoms with Gasteiger partial charge in [0.25, 0.3) is 0 Å². The van der Waals surface area contributed by atoms with Crippen LogP contribution in [-0.4, -0.2) is 18.3 Å². The fourth-order valence-corrected chi connectivity index (χ4v) is 1.54. The average Bonchev–Trinajstić information content (AvgIpc) is 2.21. The minimum atomic E-state index is 0.197. The molecule has 0 aliphatic rings. The number of rotatable bonds is 5. The van der Waals surface area contributed by atoms with Crippen molar-refractivity contribution in [2.75, 3.05) is 13.2 Å². The first-order valence-electron chi connectivity index (χ1n) is 5.18. The Balaban J connectivity index is 2.64. The first-order valence-corrected chi connectivity index (χ1v) is 5.18. The van der Waals surface area contributed by atoms with Gasteiger partial charge in [-0.05, 0) is 18.9 Å². The van der Waals surface area contributed by atoms with E-state index in [2.05, 4.69) is 43.4 Å². The summed E-state index contributed by atoms with van der Waals surface area (Å²) in [5.41, 5.74) is 2.58. The second-order valence-electron chi connectivity index (χ2n) is 3.55. The van der Waals surface area contributed by atoms with Crippen LogP contribution in [0.5, 0.6) is 0 Å². The van der Waals surface area contributed by atoms with Gasteiger partial charge in [0.05, 0.1) is 6.61 Å². The lowest BCUT2D eigenvalue weighted by Gasteiger charge is -2.16. The van der Waals surface area contributed by atoms with E-state index >= 15 is 0 Å². The van der Waals surface area contributed by atoms with Crippen LogP contribution in [0, 0.1) is 6.92 Å². The molecule has 1 aromatic carbocycles. The smallest absolute Gasteiger partial charge is 0.0556 e. The Bertz CT molecular complexity index is 256. The van der Waals surface area contributed by atoms with E-state index in [1.165, 1.54) is 11.1 Å². The molecular weight excluding hydrogens is 174 g/mol. The van der Waals surface area contributed by atoms with Crippen molar-refractivity contribution in [3.8, 4) is 0 Å². The fraction of sp³-hybridized carbons (Fsp3) is 0.500. The average molecular weight is 193 g/mol. The largest absolute Gasteiger partial charge is 0.395 e. The van der Waals surface area contributed by atoms with Crippen LogP contribution in [0.3, 0.4) is 0 Å². The van der Waals surface area contributed by atoms with E-state index in [1.807, 2.05) is 0 Å². The highest BCUT2D eigenvalue weighted by Crippen LogP contribution is 2.16. The minimum Gasteiger partial charge on any atom is -0.395 e. The molecule has 2 nitrogen and oxygen atoms in total. The number of hydrogen-bond acceptors (Lipinski definition) is 2. The molecule has 1 rings (SSSR count). The van der Waals surface area contributed by atoms with Gasteiger partial charge < -0.3 is 10.4 Å². The first-order chi connectivity index (χ1) is 6.77. The molecule has 2 heteroatoms. The topological polar surface area (TPSA) is 32.3 Å². The van der Waals surface area contributed by atoms with Crippen LogP contribution >= 0.6 is 0 Å². The highest BCUT2D eigenvalue weighted by atomic mass is 16.3. The molecule has 0 aliphatic heterocycles. The summed E-state index contributed by atoms with van der Waals surface area (Å²) in [7, 11) is 0. The van der Waals surface area contributed by atoms with Crippen molar-refractivity contribution in [3.63, 3.8) is 0 Å². The second kappa shape index (κ2) is 5.78. The van der Waals surface area contributed by atoms with Crippen LogP contribution in [0.2, 0.25) is 0 Å². The van der Waals surface area contributed by atoms with E-state index in [4.69, 9.17) is 5.11 Å². The molecule has 1 atom stereocenters. The van der Waals surface area contributed by atoms with Gasteiger partial charge in [-0.15, -0.1) is 0 Å². The van der Waals surface area contributed by atoms with Gasteiger partial charge >= 0.3 is 0 Å². The normalized spacial score (nSPS) is 12.8. The number of benzene rings is 1. The third-order valence-corrected chi connectivity index (χ3v) is 2.39. The second-order valence-corrected chi connectivity index (χ2v) is 3.55. The number of hydrogen-bond donors (Lipinski definition) is 2. The van der Waals surface area contributed by atoms with Crippen molar-refractivity contribution < 1.29 is 5.11 Å². The highest BCUT2D eigenvalue weighted by molar-refractivity contribution is 5.23. The quantitative estimate of drug-likeness (QED) is 0.750. The maximum Gasteiger partial charge on any atom is 0.0556 e. The lowest BCUT2D eigenvalue weighted by Crippen LogP contribution is -2.23. The van der Waals surface area contributed by atoms with Crippen LogP contribution < -0.4 is 5.32 Å². The zero-order valence-electron chi connectivity index (χ0n) is 8.96. The van der Waals surface area contributed by atoms with Crippen molar-refractivity contribution in [1.82, 2.24) is 5.32 Å². The molecule has 0 radical (unpaired) electrons. The van der Waals surface area contributed by atoms with Crippen LogP contribution in [0.15, 0.2) is 24.3 Å². The third-order valence-electron chi connectivity index (χ3n) is 2.39. The van der Waals surface area contributed by atoms with Crippen molar-refractivity contribution in [2.45, 2.75) is 26.3 Å². The Hall–Kier alpha value is -0.860. The van der Waals surface area contributed by atoms with E-state index in [-0.39, 0.29) is 6.61 Å². The molecule has 0 saturated carbocycles. The number of aliphatic hydroxyl groups excluding tert-OH is 1. The van der Waals surface area contributed by atoms with Gasteiger partial charge in [-0.2, -0.15) is 0 Å². The first kappa shape index (κ1) is 11.2. The molecule has 1 aromatic rings. The number of aryl methyl sites for hydroxylation is 1. The van der Waals surface area contributed by atoms with Crippen LogP contribution in [-0.2, 0) is 0 Å². The molecule has 2 N–H and O–H groups in total. The molecule has 0 aromatic heterocycles. The van der Waals surface area contributed by atoms with Gasteiger partial charge in [-0.1, -0.05) is 36.8 Å². The van der Waals surface area contributed by atoms with Crippen LogP contribution in [0.1, 0.15) is 30.5 Å². The zero-order valence-corrected chi connectivity index (χ0v) is 8.96. The molecule has 0 saturated heterocycles. The van der Waals surface area contributed by atoms with E-state index in [0.29, 0.717) is 12.6 Å². The summed E-state index contributed by atoms with van der Waals surface area (Å²) in [6.07, 6.45) is 1.04. The number of nitrogens with one attached hydrogen (secondary N) is 1. The molecule has 78 valence electrons. The predicted octanol–water partition coefficient (Wildman–Crippen LogP) is 2.03. The summed E-state index contributed by atoms with van der Waals surface area (Å²) >= 11 is 0. The molecule has 0 aliphatic carbocycles. The molecule has 0 bridgehead atoms. The standard InChI is InChI=1S/C12H19NO/c1-3-12(13-8-9-14)11-6-4-10(2)5-7-11/h4-7,12-14H,3,8-9H2,1-2H3/t12-/m0/s1. The summed E-state index contributed by atoms with van der Waals surface area (Å²) in [6, 6.07) is 8.90. The Kier molecular flexibility index (Phi) is 4.63. The summed E-state index contributed by atoms with van der Waals surface area (Å²) in [4.78, 5) is 0. The molecule has 14 heavy (non-hydrogen) atoms. The van der Waals surface area contributed by atoms with Crippen molar-refractivity contribution in [3.05, 3.63) is 35.4 Å². The molecule has 0 amide bonds. The van der Waals surface area contributed by atoms with E-state index in [1.54, 1.807) is 0 Å². The van der Waals surface area contributed by atoms with Gasteiger partial charge in [0.15, 0.2) is 0 Å². The molecule has 0 heterocycles. The predicted molar refractivity (Wildman–Crippen MR) is 59.3 cm³/mol. The lowest BCUT2D eigenvalue weighted by atomic mass is 10.0. The molecular formula is C12H19NO. The monoisotopic (exact) mass is 193 g/mol. The van der Waals surface area contributed by atoms with Gasteiger partial charge in [0.1, 0.15) is 0 Å². The van der Waals surface area contributed by atoms with Gasteiger partial charge in [0, 0.05) is 12.6 Å². The van der Waals surface area contributed by atoms with Crippen molar-refractivity contribution in [2.24, 2.45) is 0 Å². The summed E-state index contributed by atoms with van der Waals surface area (Å²) in [5.74, 6) is 0. The SMILES string of the molecule is CC[C@H](NCCO)c1ccc(C)cc1. The highest BCUT2D eigenvalue weighted by Gasteiger charge is 2.06. The van der Waals surface area contributed by atoms with E-state index < -0.39 is 0 Å². The third kappa shape index (κ3) is 3.13. The summed E-state index contributed by atoms with van der Waals surface area (Å²) in [6.45, 7) is 5.09. The zero-order chi connectivity index (χ0) is 10.4. The fourth-order valence-electron chi connectivity index (χ4n) is 1.54. The Morgan fingerprint density at radius 1 is 1.29 bits per heavy atom. The molecule has 0 unspecified atom stereocenters. The molecule has 0 fully saturated rings. The summed E-state index contributed by atoms with van der Waals surface area (Å²) < 4.78 is 0. The van der Waals surface area contributed by atoms with Gasteiger partial charge in [-0.3, -0.25) is 0 Å². The number of aliphatic hydroxyl groups is 1. The van der Waals surface area contributed by atoms with Gasteiger partial charge in [0.2, 0.25) is 0 Å². The maximum atomic E-state index is 8.74. The van der Waals surface area contributed by atoms with E-state index in [0.717, 1.165) is 6.42 Å².